The fourth-order valence-corrected chi connectivity index (χ4v) is 5.56. The average Bonchev–Trinajstić information content (AvgIpc) is 3.45. The molecule has 0 bridgehead atoms. The van der Waals surface area contributed by atoms with Gasteiger partial charge < -0.3 is 19.9 Å². The van der Waals surface area contributed by atoms with Gasteiger partial charge in [-0.05, 0) is 39.3 Å². The van der Waals surface area contributed by atoms with Crippen LogP contribution >= 0.6 is 11.3 Å². The normalized spacial score (nSPS) is 19.7. The molecule has 1 atom stereocenters. The number of nitrogens with zero attached hydrogens (tertiary/aromatic N) is 5. The van der Waals surface area contributed by atoms with E-state index >= 15 is 0 Å². The molecular weight excluding hydrogens is 436 g/mol. The predicted octanol–water partition coefficient (Wildman–Crippen LogP) is 3.91. The number of ether oxygens (including phenoxy) is 1. The van der Waals surface area contributed by atoms with Crippen LogP contribution in [0.15, 0.2) is 36.7 Å². The Morgan fingerprint density at radius 2 is 2.00 bits per heavy atom. The standard InChI is InChI=1S/C24H30N6O2S/c1-16-14-25-22(33-16)20-13-24(2,3)30-21(27-20)19(15-26-30)23(31)29-10-8-28(9-11-29)17-6-5-7-18(12-17)32-4/h5-7,12,14-15,20,27H,8-11,13H2,1-4H3. The van der Waals surface area contributed by atoms with Gasteiger partial charge in [0.2, 0.25) is 0 Å². The van der Waals surface area contributed by atoms with Crippen molar-refractivity contribution in [2.45, 2.75) is 38.8 Å². The van der Waals surface area contributed by atoms with E-state index in [0.717, 1.165) is 41.8 Å². The highest BCUT2D eigenvalue weighted by Gasteiger charge is 2.38. The SMILES string of the molecule is COc1cccc(N2CCN(C(=O)c3cnn4c3NC(c3ncc(C)s3)CC4(C)C)CC2)c1. The number of aryl methyl sites for hydroxylation is 1. The monoisotopic (exact) mass is 466 g/mol. The summed E-state index contributed by atoms with van der Waals surface area (Å²) in [6.07, 6.45) is 4.49. The minimum Gasteiger partial charge on any atom is -0.497 e. The lowest BCUT2D eigenvalue weighted by Crippen LogP contribution is -2.49. The molecule has 1 saturated heterocycles. The molecule has 0 saturated carbocycles. The van der Waals surface area contributed by atoms with E-state index in [4.69, 9.17) is 4.74 Å². The number of aromatic nitrogens is 3. The predicted molar refractivity (Wildman–Crippen MR) is 130 cm³/mol. The van der Waals surface area contributed by atoms with Crippen molar-refractivity contribution in [3.63, 3.8) is 0 Å². The molecule has 1 fully saturated rings. The van der Waals surface area contributed by atoms with Crippen molar-refractivity contribution in [1.29, 1.82) is 0 Å². The lowest BCUT2D eigenvalue weighted by atomic mass is 9.93. The van der Waals surface area contributed by atoms with Crippen LogP contribution in [0.1, 0.15) is 46.6 Å². The molecular formula is C24H30N6O2S. The van der Waals surface area contributed by atoms with Crippen molar-refractivity contribution >= 4 is 28.7 Å². The number of fused-ring (bicyclic) bond motifs is 1. The molecule has 1 unspecified atom stereocenters. The van der Waals surface area contributed by atoms with Gasteiger partial charge in [-0.15, -0.1) is 11.3 Å². The zero-order valence-corrected chi connectivity index (χ0v) is 20.4. The maximum atomic E-state index is 13.5. The fraction of sp³-hybridized carbons (Fsp3) is 0.458. The maximum absolute atomic E-state index is 13.5. The van der Waals surface area contributed by atoms with Crippen molar-refractivity contribution in [1.82, 2.24) is 19.7 Å². The van der Waals surface area contributed by atoms with Crippen LogP contribution in [0.4, 0.5) is 11.5 Å². The van der Waals surface area contributed by atoms with Crippen LogP contribution in [-0.2, 0) is 5.54 Å². The largest absolute Gasteiger partial charge is 0.497 e. The van der Waals surface area contributed by atoms with Crippen molar-refractivity contribution < 1.29 is 9.53 Å². The van der Waals surface area contributed by atoms with Gasteiger partial charge in [0.05, 0.1) is 24.9 Å². The molecule has 33 heavy (non-hydrogen) atoms. The van der Waals surface area contributed by atoms with E-state index in [9.17, 15) is 4.79 Å². The number of anilines is 2. The quantitative estimate of drug-likeness (QED) is 0.628. The van der Waals surface area contributed by atoms with Gasteiger partial charge in [-0.1, -0.05) is 6.07 Å². The topological polar surface area (TPSA) is 75.5 Å². The number of methoxy groups -OCH3 is 1. The van der Waals surface area contributed by atoms with Crippen molar-refractivity contribution in [2.75, 3.05) is 43.5 Å². The summed E-state index contributed by atoms with van der Waals surface area (Å²) in [5, 5.41) is 9.23. The van der Waals surface area contributed by atoms with Crippen LogP contribution in [0, 0.1) is 6.92 Å². The number of rotatable bonds is 4. The fourth-order valence-electron chi connectivity index (χ4n) is 4.73. The van der Waals surface area contributed by atoms with Crippen LogP contribution in [0.3, 0.4) is 0 Å². The molecule has 0 aliphatic carbocycles. The Morgan fingerprint density at radius 3 is 2.70 bits per heavy atom. The van der Waals surface area contributed by atoms with Gasteiger partial charge in [0, 0.05) is 49.0 Å². The minimum atomic E-state index is -0.214. The Labute approximate surface area is 198 Å². The summed E-state index contributed by atoms with van der Waals surface area (Å²) in [5.74, 6) is 1.67. The Bertz CT molecular complexity index is 1160. The van der Waals surface area contributed by atoms with Gasteiger partial charge >= 0.3 is 0 Å². The highest BCUT2D eigenvalue weighted by molar-refractivity contribution is 7.11. The van der Waals surface area contributed by atoms with Gasteiger partial charge in [-0.25, -0.2) is 9.67 Å². The first kappa shape index (κ1) is 21.8. The molecule has 5 rings (SSSR count). The molecule has 0 radical (unpaired) electrons. The number of carbonyl (C=O) groups excluding carboxylic acids is 1. The van der Waals surface area contributed by atoms with Crippen LogP contribution in [0.25, 0.3) is 0 Å². The Hall–Kier alpha value is -3.07. The van der Waals surface area contributed by atoms with Gasteiger partial charge in [0.15, 0.2) is 0 Å². The molecule has 1 N–H and O–H groups in total. The molecule has 2 aliphatic heterocycles. The van der Waals surface area contributed by atoms with Gasteiger partial charge in [-0.3, -0.25) is 4.79 Å². The zero-order valence-electron chi connectivity index (χ0n) is 19.5. The van der Waals surface area contributed by atoms with Crippen molar-refractivity contribution in [3.05, 3.63) is 52.1 Å². The number of hydrogen-bond acceptors (Lipinski definition) is 7. The molecule has 9 heteroatoms. The van der Waals surface area contributed by atoms with Crippen molar-refractivity contribution in [3.8, 4) is 5.75 Å². The number of hydrogen-bond donors (Lipinski definition) is 1. The van der Waals surface area contributed by atoms with Crippen LogP contribution in [-0.4, -0.2) is 58.9 Å². The first-order chi connectivity index (χ1) is 15.9. The lowest BCUT2D eigenvalue weighted by Gasteiger charge is -2.38. The highest BCUT2D eigenvalue weighted by atomic mass is 32.1. The number of benzene rings is 1. The molecule has 2 aromatic heterocycles. The van der Waals surface area contributed by atoms with E-state index in [1.54, 1.807) is 24.6 Å². The Kier molecular flexibility index (Phi) is 5.52. The number of thiazole rings is 1. The highest BCUT2D eigenvalue weighted by Crippen LogP contribution is 2.41. The minimum absolute atomic E-state index is 0.0285. The Balaban J connectivity index is 1.33. The second-order valence-corrected chi connectivity index (χ2v) is 10.6. The van der Waals surface area contributed by atoms with E-state index in [-0.39, 0.29) is 17.5 Å². The maximum Gasteiger partial charge on any atom is 0.259 e. The summed E-state index contributed by atoms with van der Waals surface area (Å²) in [7, 11) is 1.68. The average molecular weight is 467 g/mol. The Morgan fingerprint density at radius 1 is 1.21 bits per heavy atom. The number of nitrogens with one attached hydrogen (secondary N) is 1. The van der Waals surface area contributed by atoms with Crippen molar-refractivity contribution in [2.24, 2.45) is 0 Å². The molecule has 4 heterocycles. The summed E-state index contributed by atoms with van der Waals surface area (Å²) >= 11 is 1.70. The molecule has 8 nitrogen and oxygen atoms in total. The molecule has 0 spiro atoms. The third-order valence-electron chi connectivity index (χ3n) is 6.51. The summed E-state index contributed by atoms with van der Waals surface area (Å²) in [5.41, 5.74) is 1.54. The number of amides is 1. The number of piperazine rings is 1. The third-order valence-corrected chi connectivity index (χ3v) is 7.54. The van der Waals surface area contributed by atoms with E-state index < -0.39 is 0 Å². The van der Waals surface area contributed by atoms with Crippen LogP contribution in [0.5, 0.6) is 5.75 Å². The summed E-state index contributed by atoms with van der Waals surface area (Å²) < 4.78 is 7.32. The van der Waals surface area contributed by atoms with E-state index in [1.165, 1.54) is 4.88 Å². The first-order valence-electron chi connectivity index (χ1n) is 11.3. The summed E-state index contributed by atoms with van der Waals surface area (Å²) in [4.78, 5) is 23.5. The lowest BCUT2D eigenvalue weighted by molar-refractivity contribution is 0.0747. The third kappa shape index (κ3) is 4.06. The van der Waals surface area contributed by atoms with E-state index in [1.807, 2.05) is 34.0 Å². The molecule has 3 aromatic rings. The summed E-state index contributed by atoms with van der Waals surface area (Å²) in [6.45, 7) is 9.29. The second-order valence-electron chi connectivity index (χ2n) is 9.32. The first-order valence-corrected chi connectivity index (χ1v) is 12.1. The van der Waals surface area contributed by atoms with Crippen LogP contribution in [0.2, 0.25) is 0 Å². The van der Waals surface area contributed by atoms with E-state index in [2.05, 4.69) is 47.1 Å². The molecule has 1 amide bonds. The molecule has 2 aliphatic rings. The van der Waals surface area contributed by atoms with E-state index in [0.29, 0.717) is 18.7 Å². The van der Waals surface area contributed by atoms with Gasteiger partial charge in [0.1, 0.15) is 22.1 Å². The zero-order chi connectivity index (χ0) is 23.2. The van der Waals surface area contributed by atoms with Crippen LogP contribution < -0.4 is 15.0 Å². The summed E-state index contributed by atoms with van der Waals surface area (Å²) in [6, 6.07) is 8.14. The second kappa shape index (κ2) is 8.37. The number of carbonyl (C=O) groups is 1. The molecule has 174 valence electrons. The smallest absolute Gasteiger partial charge is 0.259 e. The molecule has 1 aromatic carbocycles. The van der Waals surface area contributed by atoms with Gasteiger partial charge in [0.25, 0.3) is 5.91 Å². The van der Waals surface area contributed by atoms with Gasteiger partial charge in [-0.2, -0.15) is 5.10 Å².